The van der Waals surface area contributed by atoms with Crippen LogP contribution in [0.25, 0.3) is 0 Å². The number of benzene rings is 1. The SMILES string of the molecule is CCOC(=O)c1c(C)[nH]c(C(=O)N2CCCC2c2ccc(OC)c(OC)c2)c1C. The third-order valence-corrected chi connectivity index (χ3v) is 5.44. The van der Waals surface area contributed by atoms with Crippen LogP contribution in [0.5, 0.6) is 11.5 Å². The van der Waals surface area contributed by atoms with E-state index in [4.69, 9.17) is 14.2 Å². The summed E-state index contributed by atoms with van der Waals surface area (Å²) in [5, 5.41) is 0. The van der Waals surface area contributed by atoms with Crippen molar-refractivity contribution in [2.24, 2.45) is 0 Å². The molecule has 3 rings (SSSR count). The number of hydrogen-bond donors (Lipinski definition) is 1. The maximum absolute atomic E-state index is 13.4. The lowest BCUT2D eigenvalue weighted by Crippen LogP contribution is -2.31. The molecule has 2 heterocycles. The molecule has 0 aliphatic carbocycles. The number of carbonyl (C=O) groups is 2. The fourth-order valence-corrected chi connectivity index (χ4v) is 4.03. The van der Waals surface area contributed by atoms with Crippen molar-refractivity contribution < 1.29 is 23.8 Å². The first-order valence-electron chi connectivity index (χ1n) is 9.82. The fraction of sp³-hybridized carbons (Fsp3) is 0.455. The Labute approximate surface area is 170 Å². The zero-order valence-electron chi connectivity index (χ0n) is 17.6. The molecule has 1 N–H and O–H groups in total. The Morgan fingerprint density at radius 2 is 1.90 bits per heavy atom. The highest BCUT2D eigenvalue weighted by atomic mass is 16.5. The molecule has 1 atom stereocenters. The monoisotopic (exact) mass is 400 g/mol. The standard InChI is InChI=1S/C22H28N2O5/c1-6-29-22(26)19-13(2)20(23-14(19)3)21(25)24-11-7-8-16(24)15-9-10-17(27-4)18(12-15)28-5/h9-10,12,16,23H,6-8,11H2,1-5H3. The lowest BCUT2D eigenvalue weighted by molar-refractivity contribution is 0.0525. The highest BCUT2D eigenvalue weighted by Crippen LogP contribution is 2.38. The minimum atomic E-state index is -0.407. The van der Waals surface area contributed by atoms with E-state index in [2.05, 4.69) is 4.98 Å². The van der Waals surface area contributed by atoms with Crippen molar-refractivity contribution in [2.45, 2.75) is 39.7 Å². The molecule has 1 aliphatic rings. The van der Waals surface area contributed by atoms with E-state index in [0.717, 1.165) is 18.4 Å². The van der Waals surface area contributed by atoms with Gasteiger partial charge in [0.25, 0.3) is 5.91 Å². The van der Waals surface area contributed by atoms with Crippen LogP contribution in [0.1, 0.15) is 63.5 Å². The van der Waals surface area contributed by atoms with Crippen LogP contribution in [0.3, 0.4) is 0 Å². The van der Waals surface area contributed by atoms with Crippen molar-refractivity contribution in [3.05, 3.63) is 46.3 Å². The third-order valence-electron chi connectivity index (χ3n) is 5.44. The molecular formula is C22H28N2O5. The molecule has 0 saturated carbocycles. The second-order valence-electron chi connectivity index (χ2n) is 7.12. The zero-order valence-corrected chi connectivity index (χ0v) is 17.6. The summed E-state index contributed by atoms with van der Waals surface area (Å²) in [6.45, 7) is 6.28. The topological polar surface area (TPSA) is 80.9 Å². The number of methoxy groups -OCH3 is 2. The van der Waals surface area contributed by atoms with E-state index in [1.165, 1.54) is 0 Å². The number of esters is 1. The number of rotatable bonds is 6. The summed E-state index contributed by atoms with van der Waals surface area (Å²) >= 11 is 0. The van der Waals surface area contributed by atoms with Gasteiger partial charge in [0.15, 0.2) is 11.5 Å². The van der Waals surface area contributed by atoms with Crippen LogP contribution in [-0.2, 0) is 4.74 Å². The van der Waals surface area contributed by atoms with Gasteiger partial charge in [-0.05, 0) is 56.9 Å². The number of likely N-dealkylation sites (tertiary alicyclic amines) is 1. The van der Waals surface area contributed by atoms with Crippen molar-refractivity contribution in [3.8, 4) is 11.5 Å². The number of nitrogens with zero attached hydrogens (tertiary/aromatic N) is 1. The molecule has 0 spiro atoms. The van der Waals surface area contributed by atoms with Crippen LogP contribution in [0.15, 0.2) is 18.2 Å². The van der Waals surface area contributed by atoms with Gasteiger partial charge in [-0.1, -0.05) is 6.07 Å². The summed E-state index contributed by atoms with van der Waals surface area (Å²) in [5.41, 5.74) is 3.16. The summed E-state index contributed by atoms with van der Waals surface area (Å²) in [7, 11) is 3.20. The number of aryl methyl sites for hydroxylation is 1. The Morgan fingerprint density at radius 3 is 2.55 bits per heavy atom. The number of ether oxygens (including phenoxy) is 3. The van der Waals surface area contributed by atoms with Gasteiger partial charge in [0.1, 0.15) is 5.69 Å². The van der Waals surface area contributed by atoms with Gasteiger partial charge in [0.05, 0.1) is 32.4 Å². The normalized spacial score (nSPS) is 16.0. The number of amides is 1. The summed E-state index contributed by atoms with van der Waals surface area (Å²) in [6.07, 6.45) is 1.78. The van der Waals surface area contributed by atoms with Crippen LogP contribution in [0.2, 0.25) is 0 Å². The first-order chi connectivity index (χ1) is 13.9. The van der Waals surface area contributed by atoms with Gasteiger partial charge in [-0.2, -0.15) is 0 Å². The summed E-state index contributed by atoms with van der Waals surface area (Å²) in [5.74, 6) is 0.775. The number of aromatic amines is 1. The number of nitrogens with one attached hydrogen (secondary N) is 1. The molecule has 2 aromatic rings. The van der Waals surface area contributed by atoms with Gasteiger partial charge < -0.3 is 24.1 Å². The number of hydrogen-bond acceptors (Lipinski definition) is 5. The van der Waals surface area contributed by atoms with Crippen LogP contribution in [0, 0.1) is 13.8 Å². The van der Waals surface area contributed by atoms with Gasteiger partial charge in [0, 0.05) is 12.2 Å². The van der Waals surface area contributed by atoms with Crippen LogP contribution >= 0.6 is 0 Å². The Kier molecular flexibility index (Phi) is 6.15. The number of H-pyrrole nitrogens is 1. The first-order valence-corrected chi connectivity index (χ1v) is 9.82. The number of carbonyl (C=O) groups excluding carboxylic acids is 2. The maximum atomic E-state index is 13.4. The van der Waals surface area contributed by atoms with Crippen molar-refractivity contribution >= 4 is 11.9 Å². The van der Waals surface area contributed by atoms with Crippen molar-refractivity contribution in [1.82, 2.24) is 9.88 Å². The second-order valence-corrected chi connectivity index (χ2v) is 7.12. The second kappa shape index (κ2) is 8.59. The highest BCUT2D eigenvalue weighted by Gasteiger charge is 2.34. The molecule has 1 fully saturated rings. The summed E-state index contributed by atoms with van der Waals surface area (Å²) in [4.78, 5) is 30.6. The van der Waals surface area contributed by atoms with E-state index < -0.39 is 5.97 Å². The largest absolute Gasteiger partial charge is 0.493 e. The van der Waals surface area contributed by atoms with E-state index in [-0.39, 0.29) is 11.9 Å². The predicted octanol–water partition coefficient (Wildman–Crippen LogP) is 3.80. The molecule has 1 saturated heterocycles. The molecule has 7 nitrogen and oxygen atoms in total. The molecule has 1 aromatic heterocycles. The predicted molar refractivity (Wildman–Crippen MR) is 109 cm³/mol. The molecule has 0 bridgehead atoms. The molecular weight excluding hydrogens is 372 g/mol. The van der Waals surface area contributed by atoms with Gasteiger partial charge in [-0.3, -0.25) is 4.79 Å². The Bertz CT molecular complexity index is 918. The first kappa shape index (κ1) is 20.8. The zero-order chi connectivity index (χ0) is 21.1. The molecule has 0 radical (unpaired) electrons. The minimum absolute atomic E-state index is 0.0589. The summed E-state index contributed by atoms with van der Waals surface area (Å²) in [6, 6.07) is 5.69. The smallest absolute Gasteiger partial charge is 0.340 e. The molecule has 1 aliphatic heterocycles. The molecule has 1 aromatic carbocycles. The van der Waals surface area contributed by atoms with E-state index in [1.54, 1.807) is 35.0 Å². The van der Waals surface area contributed by atoms with Gasteiger partial charge in [0.2, 0.25) is 0 Å². The van der Waals surface area contributed by atoms with Crippen LogP contribution in [0.4, 0.5) is 0 Å². The molecule has 156 valence electrons. The van der Waals surface area contributed by atoms with Gasteiger partial charge in [-0.15, -0.1) is 0 Å². The minimum Gasteiger partial charge on any atom is -0.493 e. The molecule has 29 heavy (non-hydrogen) atoms. The highest BCUT2D eigenvalue weighted by molar-refractivity contribution is 6.00. The Hall–Kier alpha value is -2.96. The molecule has 1 amide bonds. The third kappa shape index (κ3) is 3.81. The Morgan fingerprint density at radius 1 is 1.17 bits per heavy atom. The van der Waals surface area contributed by atoms with E-state index in [1.807, 2.05) is 23.1 Å². The maximum Gasteiger partial charge on any atom is 0.340 e. The van der Waals surface area contributed by atoms with Crippen LogP contribution in [-0.4, -0.2) is 49.1 Å². The number of aromatic nitrogens is 1. The van der Waals surface area contributed by atoms with Crippen LogP contribution < -0.4 is 9.47 Å². The van der Waals surface area contributed by atoms with E-state index in [0.29, 0.717) is 47.2 Å². The lowest BCUT2D eigenvalue weighted by Gasteiger charge is -2.25. The quantitative estimate of drug-likeness (QED) is 0.746. The average molecular weight is 400 g/mol. The average Bonchev–Trinajstić information content (AvgIpc) is 3.31. The van der Waals surface area contributed by atoms with E-state index >= 15 is 0 Å². The fourth-order valence-electron chi connectivity index (χ4n) is 4.03. The van der Waals surface area contributed by atoms with Gasteiger partial charge in [-0.25, -0.2) is 4.79 Å². The lowest BCUT2D eigenvalue weighted by atomic mass is 10.0. The molecule has 1 unspecified atom stereocenters. The summed E-state index contributed by atoms with van der Waals surface area (Å²) < 4.78 is 15.9. The Balaban J connectivity index is 1.92. The van der Waals surface area contributed by atoms with E-state index in [9.17, 15) is 9.59 Å². The molecule has 7 heteroatoms. The van der Waals surface area contributed by atoms with Crippen molar-refractivity contribution in [2.75, 3.05) is 27.4 Å². The van der Waals surface area contributed by atoms with Crippen molar-refractivity contribution in [1.29, 1.82) is 0 Å². The van der Waals surface area contributed by atoms with Crippen molar-refractivity contribution in [3.63, 3.8) is 0 Å². The van der Waals surface area contributed by atoms with Gasteiger partial charge >= 0.3 is 5.97 Å².